The van der Waals surface area contributed by atoms with Gasteiger partial charge in [-0.2, -0.15) is 0 Å². The lowest BCUT2D eigenvalue weighted by molar-refractivity contribution is -0.163. The van der Waals surface area contributed by atoms with Gasteiger partial charge in [0.25, 0.3) is 0 Å². The molecule has 5 nitrogen and oxygen atoms in total. The van der Waals surface area contributed by atoms with Crippen LogP contribution in [0, 0.1) is 0 Å². The van der Waals surface area contributed by atoms with Gasteiger partial charge in [-0.25, -0.2) is 4.79 Å². The number of methoxy groups -OCH3 is 1. The third kappa shape index (κ3) is 5.01. The number of aryl methyl sites for hydroxylation is 1. The third-order valence-electron chi connectivity index (χ3n) is 2.83. The van der Waals surface area contributed by atoms with Crippen LogP contribution in [-0.2, 0) is 20.7 Å². The molecule has 0 radical (unpaired) electrons. The molecule has 0 bridgehead atoms. The lowest BCUT2D eigenvalue weighted by atomic mass is 10.1. The van der Waals surface area contributed by atoms with Crippen LogP contribution in [0.4, 0.5) is 0 Å². The molecule has 1 unspecified atom stereocenters. The zero-order valence-electron chi connectivity index (χ0n) is 12.0. The SMILES string of the molecule is COC(=O)C(C)(O)COc1ccc(CCC(C)=O)cc1. The number of carbonyl (C=O) groups is 2. The van der Waals surface area contributed by atoms with Gasteiger partial charge in [-0.3, -0.25) is 0 Å². The normalized spacial score (nSPS) is 13.4. The second-order valence-corrected chi connectivity index (χ2v) is 4.90. The Balaban J connectivity index is 2.53. The monoisotopic (exact) mass is 280 g/mol. The zero-order valence-corrected chi connectivity index (χ0v) is 12.0. The van der Waals surface area contributed by atoms with E-state index in [1.165, 1.54) is 14.0 Å². The number of hydrogen-bond acceptors (Lipinski definition) is 5. The topological polar surface area (TPSA) is 72.8 Å². The molecular weight excluding hydrogens is 260 g/mol. The highest BCUT2D eigenvalue weighted by Crippen LogP contribution is 2.16. The first-order valence-electron chi connectivity index (χ1n) is 6.37. The van der Waals surface area contributed by atoms with Gasteiger partial charge < -0.3 is 19.4 Å². The van der Waals surface area contributed by atoms with E-state index >= 15 is 0 Å². The predicted octanol–water partition coefficient (Wildman–Crippen LogP) is 1.51. The standard InChI is InChI=1S/C15H20O5/c1-11(16)4-5-12-6-8-13(9-7-12)20-10-15(2,18)14(17)19-3/h6-9,18H,4-5,10H2,1-3H3. The summed E-state index contributed by atoms with van der Waals surface area (Å²) >= 11 is 0. The molecule has 0 aromatic heterocycles. The van der Waals surface area contributed by atoms with Crippen LogP contribution in [0.25, 0.3) is 0 Å². The van der Waals surface area contributed by atoms with E-state index in [0.717, 1.165) is 5.56 Å². The Morgan fingerprint density at radius 2 is 1.85 bits per heavy atom. The molecule has 0 heterocycles. The van der Waals surface area contributed by atoms with Crippen LogP contribution in [0.1, 0.15) is 25.8 Å². The van der Waals surface area contributed by atoms with Crippen molar-refractivity contribution in [1.29, 1.82) is 0 Å². The van der Waals surface area contributed by atoms with Crippen LogP contribution in [0.15, 0.2) is 24.3 Å². The smallest absolute Gasteiger partial charge is 0.341 e. The minimum absolute atomic E-state index is 0.152. The Hall–Kier alpha value is -1.88. The highest BCUT2D eigenvalue weighted by Gasteiger charge is 2.32. The van der Waals surface area contributed by atoms with Crippen molar-refractivity contribution in [2.75, 3.05) is 13.7 Å². The Morgan fingerprint density at radius 3 is 2.35 bits per heavy atom. The summed E-state index contributed by atoms with van der Waals surface area (Å²) in [6.45, 7) is 2.71. The molecule has 5 heteroatoms. The highest BCUT2D eigenvalue weighted by atomic mass is 16.6. The Morgan fingerprint density at radius 1 is 1.25 bits per heavy atom. The molecule has 0 fully saturated rings. The van der Waals surface area contributed by atoms with Crippen molar-refractivity contribution in [1.82, 2.24) is 0 Å². The second-order valence-electron chi connectivity index (χ2n) is 4.90. The molecular formula is C15H20O5. The maximum Gasteiger partial charge on any atom is 0.341 e. The van der Waals surface area contributed by atoms with Crippen LogP contribution in [0.3, 0.4) is 0 Å². The van der Waals surface area contributed by atoms with Gasteiger partial charge in [-0.1, -0.05) is 12.1 Å². The molecule has 1 aromatic rings. The quantitative estimate of drug-likeness (QED) is 0.766. The van der Waals surface area contributed by atoms with Crippen molar-refractivity contribution < 1.29 is 24.2 Å². The summed E-state index contributed by atoms with van der Waals surface area (Å²) in [6, 6.07) is 7.18. The number of esters is 1. The van der Waals surface area contributed by atoms with Gasteiger partial charge >= 0.3 is 5.97 Å². The molecule has 0 spiro atoms. The van der Waals surface area contributed by atoms with Gasteiger partial charge in [-0.05, 0) is 38.0 Å². The van der Waals surface area contributed by atoms with Crippen LogP contribution in [-0.4, -0.2) is 36.2 Å². The molecule has 20 heavy (non-hydrogen) atoms. The summed E-state index contributed by atoms with van der Waals surface area (Å²) in [5.74, 6) is -0.0456. The van der Waals surface area contributed by atoms with E-state index in [1.807, 2.05) is 12.1 Å². The van der Waals surface area contributed by atoms with Gasteiger partial charge in [0.15, 0.2) is 5.60 Å². The minimum atomic E-state index is -1.68. The predicted molar refractivity (Wildman–Crippen MR) is 73.6 cm³/mol. The number of ether oxygens (including phenoxy) is 2. The Bertz CT molecular complexity index is 462. The van der Waals surface area contributed by atoms with E-state index in [9.17, 15) is 14.7 Å². The fourth-order valence-electron chi connectivity index (χ4n) is 1.58. The number of benzene rings is 1. The molecule has 0 aliphatic carbocycles. The maximum absolute atomic E-state index is 11.3. The van der Waals surface area contributed by atoms with E-state index < -0.39 is 11.6 Å². The molecule has 0 aliphatic rings. The molecule has 1 aromatic carbocycles. The van der Waals surface area contributed by atoms with Gasteiger partial charge in [0, 0.05) is 6.42 Å². The number of carbonyl (C=O) groups excluding carboxylic acids is 2. The lowest BCUT2D eigenvalue weighted by Crippen LogP contribution is -2.42. The number of aliphatic hydroxyl groups is 1. The summed E-state index contributed by atoms with van der Waals surface area (Å²) in [6.07, 6.45) is 1.20. The molecule has 1 N–H and O–H groups in total. The second kappa shape index (κ2) is 7.05. The van der Waals surface area contributed by atoms with Gasteiger partial charge in [-0.15, -0.1) is 0 Å². The number of rotatable bonds is 7. The summed E-state index contributed by atoms with van der Waals surface area (Å²) in [5, 5.41) is 9.81. The first-order chi connectivity index (χ1) is 9.35. The van der Waals surface area contributed by atoms with Gasteiger partial charge in [0.1, 0.15) is 18.1 Å². The van der Waals surface area contributed by atoms with E-state index in [4.69, 9.17) is 4.74 Å². The summed E-state index contributed by atoms with van der Waals surface area (Å²) in [5.41, 5.74) is -0.644. The number of Topliss-reactive ketones (excluding diaryl/α,β-unsaturated/α-hetero) is 1. The summed E-state index contributed by atoms with van der Waals surface area (Å²) in [7, 11) is 1.21. The molecule has 0 aliphatic heterocycles. The zero-order chi connectivity index (χ0) is 15.2. The van der Waals surface area contributed by atoms with Crippen molar-refractivity contribution in [3.8, 4) is 5.75 Å². The fourth-order valence-corrected chi connectivity index (χ4v) is 1.58. The van der Waals surface area contributed by atoms with Crippen molar-refractivity contribution >= 4 is 11.8 Å². The molecule has 0 saturated carbocycles. The molecule has 1 atom stereocenters. The molecule has 1 rings (SSSR count). The van der Waals surface area contributed by atoms with E-state index in [2.05, 4.69) is 4.74 Å². The van der Waals surface area contributed by atoms with Crippen molar-refractivity contribution in [3.63, 3.8) is 0 Å². The van der Waals surface area contributed by atoms with E-state index in [-0.39, 0.29) is 12.4 Å². The van der Waals surface area contributed by atoms with Crippen LogP contribution < -0.4 is 4.74 Å². The molecule has 0 amide bonds. The van der Waals surface area contributed by atoms with E-state index in [1.54, 1.807) is 19.1 Å². The number of hydrogen-bond donors (Lipinski definition) is 1. The van der Waals surface area contributed by atoms with Crippen LogP contribution >= 0.6 is 0 Å². The summed E-state index contributed by atoms with van der Waals surface area (Å²) in [4.78, 5) is 22.2. The average molecular weight is 280 g/mol. The molecule has 110 valence electrons. The van der Waals surface area contributed by atoms with Crippen molar-refractivity contribution in [2.24, 2.45) is 0 Å². The number of ketones is 1. The lowest BCUT2D eigenvalue weighted by Gasteiger charge is -2.20. The largest absolute Gasteiger partial charge is 0.490 e. The van der Waals surface area contributed by atoms with Crippen LogP contribution in [0.5, 0.6) is 5.75 Å². The Labute approximate surface area is 118 Å². The van der Waals surface area contributed by atoms with Crippen LogP contribution in [0.2, 0.25) is 0 Å². The van der Waals surface area contributed by atoms with Gasteiger partial charge in [0.2, 0.25) is 0 Å². The van der Waals surface area contributed by atoms with Crippen molar-refractivity contribution in [2.45, 2.75) is 32.3 Å². The molecule has 0 saturated heterocycles. The van der Waals surface area contributed by atoms with Gasteiger partial charge in [0.05, 0.1) is 7.11 Å². The highest BCUT2D eigenvalue weighted by molar-refractivity contribution is 5.78. The summed E-state index contributed by atoms with van der Waals surface area (Å²) < 4.78 is 9.83. The minimum Gasteiger partial charge on any atom is -0.490 e. The average Bonchev–Trinajstić information content (AvgIpc) is 2.43. The maximum atomic E-state index is 11.3. The fraction of sp³-hybridized carbons (Fsp3) is 0.467. The first-order valence-corrected chi connectivity index (χ1v) is 6.37. The first kappa shape index (κ1) is 16.2. The third-order valence-corrected chi connectivity index (χ3v) is 2.83. The van der Waals surface area contributed by atoms with E-state index in [0.29, 0.717) is 18.6 Å². The van der Waals surface area contributed by atoms with Crippen molar-refractivity contribution in [3.05, 3.63) is 29.8 Å². The Kier molecular flexibility index (Phi) is 5.70.